The molecule has 3 rings (SSSR count). The molecule has 1 heterocycles. The quantitative estimate of drug-likeness (QED) is 0.539. The number of benzene rings is 1. The normalized spacial score (nSPS) is 19.1. The molecule has 2 fully saturated rings. The molecule has 166 valence electrons. The zero-order valence-corrected chi connectivity index (χ0v) is 18.2. The standard InChI is InChI=1S/C21H30N2O6S/c1-16-8-9-17(14-19(16)30(26,27)23-10-12-28-13-11-23)21(25)29-15-20(24)22-18-6-4-2-3-5-7-18/h8-9,14,18H,2-7,10-13,15H2,1H3,(H,22,24). The monoisotopic (exact) mass is 438 g/mol. The summed E-state index contributed by atoms with van der Waals surface area (Å²) in [6.07, 6.45) is 6.44. The van der Waals surface area contributed by atoms with Crippen LogP contribution in [0, 0.1) is 6.92 Å². The molecule has 1 aromatic carbocycles. The van der Waals surface area contributed by atoms with Crippen LogP contribution < -0.4 is 5.32 Å². The van der Waals surface area contributed by atoms with Crippen LogP contribution in [-0.2, 0) is 24.3 Å². The van der Waals surface area contributed by atoms with Crippen molar-refractivity contribution in [3.05, 3.63) is 29.3 Å². The fraction of sp³-hybridized carbons (Fsp3) is 0.619. The molecule has 2 aliphatic rings. The van der Waals surface area contributed by atoms with Crippen LogP contribution in [0.1, 0.15) is 54.4 Å². The molecule has 0 bridgehead atoms. The van der Waals surface area contributed by atoms with Gasteiger partial charge in [0.2, 0.25) is 10.0 Å². The Labute approximate surface area is 178 Å². The molecule has 0 radical (unpaired) electrons. The van der Waals surface area contributed by atoms with Gasteiger partial charge in [0.15, 0.2) is 6.61 Å². The van der Waals surface area contributed by atoms with Crippen molar-refractivity contribution in [2.24, 2.45) is 0 Å². The van der Waals surface area contributed by atoms with Crippen LogP contribution in [0.15, 0.2) is 23.1 Å². The van der Waals surface area contributed by atoms with Crippen LogP contribution in [0.25, 0.3) is 0 Å². The number of rotatable bonds is 6. The number of sulfonamides is 1. The van der Waals surface area contributed by atoms with Crippen molar-refractivity contribution in [2.45, 2.75) is 56.4 Å². The third-order valence-electron chi connectivity index (χ3n) is 5.57. The molecule has 0 spiro atoms. The Balaban J connectivity index is 1.62. The van der Waals surface area contributed by atoms with Crippen LogP contribution in [0.5, 0.6) is 0 Å². The number of carbonyl (C=O) groups is 2. The number of nitrogens with one attached hydrogen (secondary N) is 1. The molecule has 1 saturated carbocycles. The number of esters is 1. The van der Waals surface area contributed by atoms with E-state index in [9.17, 15) is 18.0 Å². The maximum absolute atomic E-state index is 13.0. The van der Waals surface area contributed by atoms with Gasteiger partial charge in [0.05, 0.1) is 23.7 Å². The van der Waals surface area contributed by atoms with Crippen LogP contribution in [0.4, 0.5) is 0 Å². The summed E-state index contributed by atoms with van der Waals surface area (Å²) in [6, 6.07) is 4.55. The van der Waals surface area contributed by atoms with Crippen molar-refractivity contribution in [3.63, 3.8) is 0 Å². The van der Waals surface area contributed by atoms with Gasteiger partial charge >= 0.3 is 5.97 Å². The van der Waals surface area contributed by atoms with E-state index >= 15 is 0 Å². The van der Waals surface area contributed by atoms with Gasteiger partial charge in [0.1, 0.15) is 0 Å². The second kappa shape index (κ2) is 10.4. The first-order valence-electron chi connectivity index (χ1n) is 10.5. The summed E-state index contributed by atoms with van der Waals surface area (Å²) in [5, 5.41) is 2.92. The largest absolute Gasteiger partial charge is 0.452 e. The van der Waals surface area contributed by atoms with E-state index in [-0.39, 0.29) is 42.1 Å². The van der Waals surface area contributed by atoms with Crippen molar-refractivity contribution >= 4 is 21.9 Å². The number of carbonyl (C=O) groups excluding carboxylic acids is 2. The molecule has 1 aliphatic carbocycles. The Morgan fingerprint density at radius 3 is 2.47 bits per heavy atom. The van der Waals surface area contributed by atoms with Crippen LogP contribution in [0.3, 0.4) is 0 Å². The van der Waals surface area contributed by atoms with Crippen LogP contribution in [0.2, 0.25) is 0 Å². The third-order valence-corrected chi connectivity index (χ3v) is 7.61. The number of ether oxygens (including phenoxy) is 2. The zero-order chi connectivity index (χ0) is 21.6. The van der Waals surface area contributed by atoms with Crippen molar-refractivity contribution in [3.8, 4) is 0 Å². The van der Waals surface area contributed by atoms with Gasteiger partial charge in [0.25, 0.3) is 5.91 Å². The minimum absolute atomic E-state index is 0.0711. The van der Waals surface area contributed by atoms with Crippen molar-refractivity contribution in [2.75, 3.05) is 32.9 Å². The second-order valence-corrected chi connectivity index (χ2v) is 9.74. The average Bonchev–Trinajstić information content (AvgIpc) is 3.01. The Morgan fingerprint density at radius 1 is 1.13 bits per heavy atom. The fourth-order valence-corrected chi connectivity index (χ4v) is 5.50. The highest BCUT2D eigenvalue weighted by atomic mass is 32.2. The summed E-state index contributed by atoms with van der Waals surface area (Å²) in [4.78, 5) is 24.6. The van der Waals surface area contributed by atoms with Gasteiger partial charge in [-0.1, -0.05) is 31.7 Å². The van der Waals surface area contributed by atoms with Gasteiger partial charge < -0.3 is 14.8 Å². The first kappa shape index (κ1) is 22.7. The van der Waals surface area contributed by atoms with Gasteiger partial charge in [-0.3, -0.25) is 4.79 Å². The number of aryl methyl sites for hydroxylation is 1. The Bertz CT molecular complexity index is 856. The third kappa shape index (κ3) is 5.80. The van der Waals surface area contributed by atoms with Gasteiger partial charge in [-0.05, 0) is 37.5 Å². The number of morpholine rings is 1. The summed E-state index contributed by atoms with van der Waals surface area (Å²) in [5.74, 6) is -1.05. The molecule has 30 heavy (non-hydrogen) atoms. The molecule has 1 amide bonds. The van der Waals surface area contributed by atoms with Gasteiger partial charge in [-0.25, -0.2) is 13.2 Å². The fourth-order valence-electron chi connectivity index (χ4n) is 3.84. The lowest BCUT2D eigenvalue weighted by molar-refractivity contribution is -0.125. The Kier molecular flexibility index (Phi) is 7.85. The predicted molar refractivity (Wildman–Crippen MR) is 111 cm³/mol. The van der Waals surface area contributed by atoms with E-state index in [4.69, 9.17) is 9.47 Å². The zero-order valence-electron chi connectivity index (χ0n) is 17.4. The minimum atomic E-state index is -3.74. The summed E-state index contributed by atoms with van der Waals surface area (Å²) in [6.45, 7) is 2.54. The predicted octanol–water partition coefficient (Wildman–Crippen LogP) is 2.01. The highest BCUT2D eigenvalue weighted by Gasteiger charge is 2.28. The number of hydrogen-bond donors (Lipinski definition) is 1. The minimum Gasteiger partial charge on any atom is -0.452 e. The molecule has 1 saturated heterocycles. The molecule has 1 aliphatic heterocycles. The van der Waals surface area contributed by atoms with E-state index in [1.807, 2.05) is 0 Å². The van der Waals surface area contributed by atoms with E-state index in [1.165, 1.54) is 29.3 Å². The molecule has 1 aromatic rings. The number of nitrogens with zero attached hydrogens (tertiary/aromatic N) is 1. The van der Waals surface area contributed by atoms with E-state index in [0.717, 1.165) is 25.7 Å². The Morgan fingerprint density at radius 2 is 1.80 bits per heavy atom. The van der Waals surface area contributed by atoms with Crippen molar-refractivity contribution in [1.82, 2.24) is 9.62 Å². The van der Waals surface area contributed by atoms with Crippen LogP contribution >= 0.6 is 0 Å². The summed E-state index contributed by atoms with van der Waals surface area (Å²) >= 11 is 0. The lowest BCUT2D eigenvalue weighted by Gasteiger charge is -2.26. The summed E-state index contributed by atoms with van der Waals surface area (Å²) in [7, 11) is -3.74. The average molecular weight is 439 g/mol. The molecular weight excluding hydrogens is 408 g/mol. The Hall–Kier alpha value is -1.97. The van der Waals surface area contributed by atoms with Gasteiger partial charge in [-0.2, -0.15) is 4.31 Å². The maximum atomic E-state index is 13.0. The first-order valence-corrected chi connectivity index (χ1v) is 12.0. The highest BCUT2D eigenvalue weighted by Crippen LogP contribution is 2.23. The van der Waals surface area contributed by atoms with Gasteiger partial charge in [0, 0.05) is 19.1 Å². The van der Waals surface area contributed by atoms with Crippen molar-refractivity contribution < 1.29 is 27.5 Å². The summed E-state index contributed by atoms with van der Waals surface area (Å²) in [5.41, 5.74) is 0.652. The highest BCUT2D eigenvalue weighted by molar-refractivity contribution is 7.89. The molecule has 0 atom stereocenters. The van der Waals surface area contributed by atoms with Crippen molar-refractivity contribution in [1.29, 1.82) is 0 Å². The van der Waals surface area contributed by atoms with E-state index in [1.54, 1.807) is 13.0 Å². The number of hydrogen-bond acceptors (Lipinski definition) is 6. The molecular formula is C21H30N2O6S. The van der Waals surface area contributed by atoms with Gasteiger partial charge in [-0.15, -0.1) is 0 Å². The molecule has 0 unspecified atom stereocenters. The van der Waals surface area contributed by atoms with E-state index in [2.05, 4.69) is 5.32 Å². The van der Waals surface area contributed by atoms with E-state index in [0.29, 0.717) is 18.8 Å². The molecule has 8 nitrogen and oxygen atoms in total. The first-order chi connectivity index (χ1) is 14.4. The topological polar surface area (TPSA) is 102 Å². The maximum Gasteiger partial charge on any atom is 0.338 e. The SMILES string of the molecule is Cc1ccc(C(=O)OCC(=O)NC2CCCCCC2)cc1S(=O)(=O)N1CCOCC1. The smallest absolute Gasteiger partial charge is 0.338 e. The molecule has 9 heteroatoms. The second-order valence-electron chi connectivity index (χ2n) is 7.83. The lowest BCUT2D eigenvalue weighted by atomic mass is 10.1. The molecule has 1 N–H and O–H groups in total. The molecule has 0 aromatic heterocycles. The number of amides is 1. The van der Waals surface area contributed by atoms with E-state index < -0.39 is 16.0 Å². The summed E-state index contributed by atoms with van der Waals surface area (Å²) < 4.78 is 37.6. The van der Waals surface area contributed by atoms with Crippen LogP contribution in [-0.4, -0.2) is 63.6 Å². The lowest BCUT2D eigenvalue weighted by Crippen LogP contribution is -2.40.